The van der Waals surface area contributed by atoms with Gasteiger partial charge in [0.1, 0.15) is 0 Å². The Morgan fingerprint density at radius 2 is 1.88 bits per heavy atom. The van der Waals surface area contributed by atoms with Crippen molar-refractivity contribution in [1.82, 2.24) is 9.62 Å². The Labute approximate surface area is 150 Å². The molecule has 1 atom stereocenters. The van der Waals surface area contributed by atoms with Crippen molar-refractivity contribution in [2.24, 2.45) is 0 Å². The monoisotopic (exact) mass is 372 g/mol. The lowest BCUT2D eigenvalue weighted by Gasteiger charge is -2.25. The average Bonchev–Trinajstić information content (AvgIpc) is 2.57. The number of hydrogen-bond donors (Lipinski definition) is 1. The molecule has 1 rings (SSSR count). The molecule has 0 spiro atoms. The van der Waals surface area contributed by atoms with Crippen LogP contribution in [0.1, 0.15) is 25.8 Å². The van der Waals surface area contributed by atoms with Crippen molar-refractivity contribution in [3.05, 3.63) is 23.8 Å². The molecule has 0 bridgehead atoms. The van der Waals surface area contributed by atoms with Crippen molar-refractivity contribution >= 4 is 15.9 Å². The summed E-state index contributed by atoms with van der Waals surface area (Å²) in [7, 11) is -0.284. The highest BCUT2D eigenvalue weighted by Crippen LogP contribution is 2.27. The highest BCUT2D eigenvalue weighted by atomic mass is 32.2. The number of methoxy groups -OCH3 is 2. The molecule has 0 aromatic heterocycles. The maximum Gasteiger partial charge on any atom is 0.235 e. The van der Waals surface area contributed by atoms with Gasteiger partial charge in [0.25, 0.3) is 0 Å². The molecule has 0 aliphatic heterocycles. The van der Waals surface area contributed by atoms with E-state index in [0.717, 1.165) is 11.8 Å². The predicted octanol–water partition coefficient (Wildman–Crippen LogP) is 1.42. The van der Waals surface area contributed by atoms with Crippen LogP contribution in [0.25, 0.3) is 0 Å². The van der Waals surface area contributed by atoms with Crippen LogP contribution in [0.5, 0.6) is 11.5 Å². The summed E-state index contributed by atoms with van der Waals surface area (Å²) in [5.41, 5.74) is 0.986. The molecular weight excluding hydrogens is 344 g/mol. The standard InChI is InChI=1S/C17H28N2O5S/c1-6-13(2)19(25(5,21)22)12-17(20)18-10-9-14-7-8-15(23-3)16(11-14)24-4/h7-8,11,13H,6,9-10,12H2,1-5H3,(H,18,20). The molecule has 142 valence electrons. The van der Waals surface area contributed by atoms with Crippen molar-refractivity contribution in [2.45, 2.75) is 32.7 Å². The zero-order valence-electron chi connectivity index (χ0n) is 15.5. The number of amides is 1. The van der Waals surface area contributed by atoms with Crippen LogP contribution in [0, 0.1) is 0 Å². The lowest BCUT2D eigenvalue weighted by Crippen LogP contribution is -2.44. The van der Waals surface area contributed by atoms with Gasteiger partial charge in [-0.15, -0.1) is 0 Å². The van der Waals surface area contributed by atoms with Gasteiger partial charge in [0.2, 0.25) is 15.9 Å². The van der Waals surface area contributed by atoms with E-state index >= 15 is 0 Å². The van der Waals surface area contributed by atoms with Crippen molar-refractivity contribution in [1.29, 1.82) is 0 Å². The SMILES string of the molecule is CCC(C)N(CC(=O)NCCc1ccc(OC)c(OC)c1)S(C)(=O)=O. The Kier molecular flexibility index (Phi) is 8.18. The topological polar surface area (TPSA) is 84.9 Å². The zero-order valence-corrected chi connectivity index (χ0v) is 16.4. The molecule has 8 heteroatoms. The molecule has 25 heavy (non-hydrogen) atoms. The Morgan fingerprint density at radius 1 is 1.24 bits per heavy atom. The highest BCUT2D eigenvalue weighted by molar-refractivity contribution is 7.88. The Morgan fingerprint density at radius 3 is 2.40 bits per heavy atom. The summed E-state index contributed by atoms with van der Waals surface area (Å²) >= 11 is 0. The van der Waals surface area contributed by atoms with Gasteiger partial charge in [-0.1, -0.05) is 13.0 Å². The molecule has 0 saturated carbocycles. The Hall–Kier alpha value is -1.80. The summed E-state index contributed by atoms with van der Waals surface area (Å²) in [6.45, 7) is 3.92. The number of carbonyl (C=O) groups is 1. The summed E-state index contributed by atoms with van der Waals surface area (Å²) < 4.78 is 35.3. The van der Waals surface area contributed by atoms with E-state index in [2.05, 4.69) is 5.32 Å². The van der Waals surface area contributed by atoms with E-state index in [1.54, 1.807) is 21.1 Å². The molecule has 1 amide bonds. The van der Waals surface area contributed by atoms with Gasteiger partial charge < -0.3 is 14.8 Å². The van der Waals surface area contributed by atoms with Crippen molar-refractivity contribution in [3.63, 3.8) is 0 Å². The van der Waals surface area contributed by atoms with Gasteiger partial charge in [-0.2, -0.15) is 4.31 Å². The fourth-order valence-corrected chi connectivity index (χ4v) is 3.54. The number of nitrogens with zero attached hydrogens (tertiary/aromatic N) is 1. The Balaban J connectivity index is 2.59. The molecule has 0 aliphatic carbocycles. The van der Waals surface area contributed by atoms with Gasteiger partial charge >= 0.3 is 0 Å². The molecule has 0 aliphatic rings. The first-order valence-corrected chi connectivity index (χ1v) is 10.0. The molecule has 1 aromatic rings. The minimum atomic E-state index is -3.42. The maximum absolute atomic E-state index is 12.1. The molecule has 0 fully saturated rings. The molecule has 1 unspecified atom stereocenters. The van der Waals surface area contributed by atoms with Crippen LogP contribution < -0.4 is 14.8 Å². The first-order valence-electron chi connectivity index (χ1n) is 8.17. The maximum atomic E-state index is 12.1. The largest absolute Gasteiger partial charge is 0.493 e. The third-order valence-corrected chi connectivity index (χ3v) is 5.33. The summed E-state index contributed by atoms with van der Waals surface area (Å²) in [4.78, 5) is 12.1. The number of sulfonamides is 1. The van der Waals surface area contributed by atoms with E-state index in [0.29, 0.717) is 30.9 Å². The second-order valence-electron chi connectivity index (χ2n) is 5.85. The van der Waals surface area contributed by atoms with Crippen LogP contribution >= 0.6 is 0 Å². The van der Waals surface area contributed by atoms with Crippen molar-refractivity contribution < 1.29 is 22.7 Å². The molecule has 0 saturated heterocycles. The van der Waals surface area contributed by atoms with Gasteiger partial charge in [0, 0.05) is 12.6 Å². The van der Waals surface area contributed by atoms with E-state index < -0.39 is 10.0 Å². The van der Waals surface area contributed by atoms with Crippen molar-refractivity contribution in [2.75, 3.05) is 33.6 Å². The van der Waals surface area contributed by atoms with E-state index in [9.17, 15) is 13.2 Å². The lowest BCUT2D eigenvalue weighted by molar-refractivity contribution is -0.121. The summed E-state index contributed by atoms with van der Waals surface area (Å²) in [6.07, 6.45) is 2.37. The first-order chi connectivity index (χ1) is 11.7. The van der Waals surface area contributed by atoms with Crippen molar-refractivity contribution in [3.8, 4) is 11.5 Å². The summed E-state index contributed by atoms with van der Waals surface area (Å²) in [5, 5.41) is 2.76. The molecule has 1 N–H and O–H groups in total. The number of ether oxygens (including phenoxy) is 2. The molecule has 0 radical (unpaired) electrons. The van der Waals surface area contributed by atoms with Crippen LogP contribution in [0.3, 0.4) is 0 Å². The fourth-order valence-electron chi connectivity index (χ4n) is 2.38. The number of nitrogens with one attached hydrogen (secondary N) is 1. The molecular formula is C17H28N2O5S. The van der Waals surface area contributed by atoms with Gasteiger partial charge in [-0.05, 0) is 37.5 Å². The van der Waals surface area contributed by atoms with Gasteiger partial charge in [-0.25, -0.2) is 8.42 Å². The fraction of sp³-hybridized carbons (Fsp3) is 0.588. The molecule has 1 aromatic carbocycles. The van der Waals surface area contributed by atoms with Crippen LogP contribution in [-0.4, -0.2) is 58.2 Å². The number of hydrogen-bond acceptors (Lipinski definition) is 5. The van der Waals surface area contributed by atoms with Crippen LogP contribution in [0.15, 0.2) is 18.2 Å². The second-order valence-corrected chi connectivity index (χ2v) is 7.79. The summed E-state index contributed by atoms with van der Waals surface area (Å²) in [5.74, 6) is 0.963. The number of carbonyl (C=O) groups excluding carboxylic acids is 1. The lowest BCUT2D eigenvalue weighted by atomic mass is 10.1. The minimum Gasteiger partial charge on any atom is -0.493 e. The van der Waals surface area contributed by atoms with Gasteiger partial charge in [0.15, 0.2) is 11.5 Å². The third kappa shape index (κ3) is 6.55. The Bertz CT molecular complexity index is 676. The van der Waals surface area contributed by atoms with Gasteiger partial charge in [-0.3, -0.25) is 4.79 Å². The first kappa shape index (κ1) is 21.2. The quantitative estimate of drug-likeness (QED) is 0.671. The number of benzene rings is 1. The zero-order chi connectivity index (χ0) is 19.0. The van der Waals surface area contributed by atoms with Crippen LogP contribution in [-0.2, 0) is 21.2 Å². The minimum absolute atomic E-state index is 0.167. The second kappa shape index (κ2) is 9.62. The predicted molar refractivity (Wildman–Crippen MR) is 97.6 cm³/mol. The normalized spacial score (nSPS) is 12.7. The summed E-state index contributed by atoms with van der Waals surface area (Å²) in [6, 6.07) is 5.35. The smallest absolute Gasteiger partial charge is 0.235 e. The van der Waals surface area contributed by atoms with Crippen LogP contribution in [0.4, 0.5) is 0 Å². The van der Waals surface area contributed by atoms with Crippen LogP contribution in [0.2, 0.25) is 0 Å². The number of rotatable bonds is 10. The van der Waals surface area contributed by atoms with E-state index in [1.165, 1.54) is 4.31 Å². The van der Waals surface area contributed by atoms with E-state index in [4.69, 9.17) is 9.47 Å². The van der Waals surface area contributed by atoms with E-state index in [-0.39, 0.29) is 18.5 Å². The molecule has 7 nitrogen and oxygen atoms in total. The van der Waals surface area contributed by atoms with E-state index in [1.807, 2.05) is 25.1 Å². The van der Waals surface area contributed by atoms with Gasteiger partial charge in [0.05, 0.1) is 27.0 Å². The highest BCUT2D eigenvalue weighted by Gasteiger charge is 2.24. The molecule has 0 heterocycles. The average molecular weight is 372 g/mol. The third-order valence-electron chi connectivity index (χ3n) is 3.99.